The molecule has 1 N–H and O–H groups in total. The van der Waals surface area contributed by atoms with E-state index in [0.717, 1.165) is 0 Å². The number of aliphatic hydroxyl groups excluding tert-OH is 1. The van der Waals surface area contributed by atoms with Crippen LogP contribution >= 0.6 is 0 Å². The number of pyridine rings is 1. The van der Waals surface area contributed by atoms with E-state index < -0.39 is 17.7 Å². The summed E-state index contributed by atoms with van der Waals surface area (Å²) >= 11 is 0. The van der Waals surface area contributed by atoms with E-state index in [4.69, 9.17) is 14.2 Å². The molecule has 2 aromatic carbocycles. The molecule has 9 heteroatoms. The van der Waals surface area contributed by atoms with Crippen LogP contribution in [0.5, 0.6) is 11.5 Å². The second-order valence-electron chi connectivity index (χ2n) is 8.60. The molecule has 1 atom stereocenters. The zero-order chi connectivity index (χ0) is 27.9. The third-order valence-electron chi connectivity index (χ3n) is 6.10. The highest BCUT2D eigenvalue weighted by Gasteiger charge is 2.47. The third-order valence-corrected chi connectivity index (χ3v) is 6.10. The summed E-state index contributed by atoms with van der Waals surface area (Å²) in [5.41, 5.74) is 1.65. The molecule has 1 aliphatic heterocycles. The van der Waals surface area contributed by atoms with E-state index in [1.54, 1.807) is 80.7 Å². The molecule has 2 heterocycles. The Labute approximate surface area is 226 Å². The molecule has 0 aliphatic carbocycles. The highest BCUT2D eigenvalue weighted by Crippen LogP contribution is 2.43. The van der Waals surface area contributed by atoms with E-state index in [1.165, 1.54) is 4.90 Å². The number of carbonyl (C=O) groups excluding carboxylic acids is 3. The molecule has 39 heavy (non-hydrogen) atoms. The summed E-state index contributed by atoms with van der Waals surface area (Å²) in [6.07, 6.45) is 1.63. The Morgan fingerprint density at radius 1 is 0.949 bits per heavy atom. The number of aromatic nitrogens is 1. The lowest BCUT2D eigenvalue weighted by Gasteiger charge is -2.25. The summed E-state index contributed by atoms with van der Waals surface area (Å²) in [4.78, 5) is 44.4. The lowest BCUT2D eigenvalue weighted by molar-refractivity contribution is -0.142. The van der Waals surface area contributed by atoms with Crippen molar-refractivity contribution in [2.45, 2.75) is 33.2 Å². The van der Waals surface area contributed by atoms with E-state index in [-0.39, 0.29) is 35.9 Å². The minimum atomic E-state index is -0.997. The molecule has 0 bridgehead atoms. The molecule has 9 nitrogen and oxygen atoms in total. The first-order chi connectivity index (χ1) is 18.9. The molecule has 1 amide bonds. The van der Waals surface area contributed by atoms with Crippen LogP contribution in [-0.4, -0.2) is 47.6 Å². The predicted octanol–water partition coefficient (Wildman–Crippen LogP) is 4.61. The third kappa shape index (κ3) is 5.77. The maximum atomic E-state index is 13.4. The van der Waals surface area contributed by atoms with Crippen LogP contribution in [-0.2, 0) is 25.5 Å². The minimum absolute atomic E-state index is 0.0779. The summed E-state index contributed by atoms with van der Waals surface area (Å²) in [6.45, 7) is 6.43. The fourth-order valence-electron chi connectivity index (χ4n) is 4.44. The number of carbonyl (C=O) groups is 3. The first-order valence-corrected chi connectivity index (χ1v) is 12.8. The average Bonchev–Trinajstić information content (AvgIpc) is 3.20. The Morgan fingerprint density at radius 2 is 1.69 bits per heavy atom. The monoisotopic (exact) mass is 530 g/mol. The maximum absolute atomic E-state index is 13.4. The van der Waals surface area contributed by atoms with Crippen molar-refractivity contribution in [3.05, 3.63) is 89.3 Å². The predicted molar refractivity (Wildman–Crippen MR) is 145 cm³/mol. The van der Waals surface area contributed by atoms with E-state index in [1.807, 2.05) is 6.92 Å². The molecule has 0 radical (unpaired) electrons. The smallest absolute Gasteiger partial charge is 0.310 e. The van der Waals surface area contributed by atoms with Gasteiger partial charge in [-0.2, -0.15) is 0 Å². The number of benzene rings is 2. The van der Waals surface area contributed by atoms with Crippen molar-refractivity contribution in [3.63, 3.8) is 0 Å². The number of Topliss-reactive ketones (excluding diaryl/α,β-unsaturated/α-hetero) is 1. The molecular formula is C30H30N2O7. The lowest BCUT2D eigenvalue weighted by atomic mass is 9.97. The zero-order valence-electron chi connectivity index (χ0n) is 22.0. The van der Waals surface area contributed by atoms with Gasteiger partial charge in [0, 0.05) is 18.0 Å². The zero-order valence-corrected chi connectivity index (χ0v) is 22.0. The molecule has 1 saturated heterocycles. The standard InChI is InChI=1S/C30H30N2O7/c1-4-37-21-14-15-22(24(18-21)38-5-2)28(34)26-27(23-9-7-8-16-31-23)32(30(36)29(26)35)20-12-10-19(11-13-20)17-25(33)39-6-3/h7-16,18,27,34H,4-6,17H2,1-3H3/b28-26-. The van der Waals surface area contributed by atoms with E-state index in [2.05, 4.69) is 4.98 Å². The number of nitrogens with zero attached hydrogens (tertiary/aromatic N) is 2. The number of hydrogen-bond acceptors (Lipinski definition) is 8. The largest absolute Gasteiger partial charge is 0.507 e. The van der Waals surface area contributed by atoms with Crippen molar-refractivity contribution in [3.8, 4) is 11.5 Å². The molecule has 1 aromatic heterocycles. The van der Waals surface area contributed by atoms with E-state index in [0.29, 0.717) is 41.7 Å². The van der Waals surface area contributed by atoms with Gasteiger partial charge in [-0.3, -0.25) is 24.3 Å². The molecule has 3 aromatic rings. The first-order valence-electron chi connectivity index (χ1n) is 12.8. The highest BCUT2D eigenvalue weighted by molar-refractivity contribution is 6.51. The first kappa shape index (κ1) is 27.4. The quantitative estimate of drug-likeness (QED) is 0.175. The van der Waals surface area contributed by atoms with Gasteiger partial charge in [0.05, 0.1) is 43.1 Å². The molecule has 202 valence electrons. The van der Waals surface area contributed by atoms with Crippen molar-refractivity contribution in [2.75, 3.05) is 24.7 Å². The summed E-state index contributed by atoms with van der Waals surface area (Å²) < 4.78 is 16.3. The van der Waals surface area contributed by atoms with Crippen LogP contribution in [0.2, 0.25) is 0 Å². The van der Waals surface area contributed by atoms with Gasteiger partial charge in [0.25, 0.3) is 11.7 Å². The SMILES string of the molecule is CCOC(=O)Cc1ccc(N2C(=O)C(=O)/C(=C(\O)c3ccc(OCC)cc3OCC)C2c2ccccn2)cc1. The highest BCUT2D eigenvalue weighted by atomic mass is 16.5. The maximum Gasteiger partial charge on any atom is 0.310 e. The Hall–Kier alpha value is -4.66. The molecule has 1 aliphatic rings. The summed E-state index contributed by atoms with van der Waals surface area (Å²) in [6, 6.07) is 15.7. The van der Waals surface area contributed by atoms with Crippen LogP contribution < -0.4 is 14.4 Å². The Bertz CT molecular complexity index is 1380. The topological polar surface area (TPSA) is 115 Å². The van der Waals surface area contributed by atoms with Crippen molar-refractivity contribution in [1.29, 1.82) is 0 Å². The number of ether oxygens (including phenoxy) is 3. The van der Waals surface area contributed by atoms with Gasteiger partial charge in [0.15, 0.2) is 0 Å². The molecule has 0 spiro atoms. The summed E-state index contributed by atoms with van der Waals surface area (Å²) in [5.74, 6) is -1.54. The Morgan fingerprint density at radius 3 is 2.33 bits per heavy atom. The van der Waals surface area contributed by atoms with Gasteiger partial charge in [0.2, 0.25) is 0 Å². The number of ketones is 1. The van der Waals surface area contributed by atoms with Crippen molar-refractivity contribution in [1.82, 2.24) is 4.98 Å². The number of hydrogen-bond donors (Lipinski definition) is 1. The van der Waals surface area contributed by atoms with Crippen molar-refractivity contribution >= 4 is 29.1 Å². The summed E-state index contributed by atoms with van der Waals surface area (Å²) in [5, 5.41) is 11.5. The van der Waals surface area contributed by atoms with Gasteiger partial charge in [0.1, 0.15) is 23.3 Å². The molecule has 4 rings (SSSR count). The van der Waals surface area contributed by atoms with Gasteiger partial charge in [-0.1, -0.05) is 18.2 Å². The van der Waals surface area contributed by atoms with Crippen LogP contribution in [0.25, 0.3) is 5.76 Å². The molecule has 0 saturated carbocycles. The van der Waals surface area contributed by atoms with E-state index >= 15 is 0 Å². The average molecular weight is 531 g/mol. The Kier molecular flexibility index (Phi) is 8.60. The van der Waals surface area contributed by atoms with Crippen LogP contribution in [0.1, 0.15) is 43.6 Å². The van der Waals surface area contributed by atoms with Crippen LogP contribution in [0.15, 0.2) is 72.4 Å². The van der Waals surface area contributed by atoms with Gasteiger partial charge in [-0.15, -0.1) is 0 Å². The number of rotatable bonds is 10. The molecular weight excluding hydrogens is 500 g/mol. The van der Waals surface area contributed by atoms with Crippen molar-refractivity contribution < 1.29 is 33.7 Å². The second-order valence-corrected chi connectivity index (χ2v) is 8.60. The normalized spacial score (nSPS) is 16.3. The van der Waals surface area contributed by atoms with Crippen molar-refractivity contribution in [2.24, 2.45) is 0 Å². The molecule has 1 fully saturated rings. The van der Waals surface area contributed by atoms with Crippen LogP contribution in [0.3, 0.4) is 0 Å². The van der Waals surface area contributed by atoms with Crippen LogP contribution in [0.4, 0.5) is 5.69 Å². The number of amides is 1. The van der Waals surface area contributed by atoms with E-state index in [9.17, 15) is 19.5 Å². The lowest BCUT2D eigenvalue weighted by Crippen LogP contribution is -2.29. The fourth-order valence-corrected chi connectivity index (χ4v) is 4.44. The molecule has 1 unspecified atom stereocenters. The fraction of sp³-hybridized carbons (Fsp3) is 0.267. The van der Waals surface area contributed by atoms with Gasteiger partial charge < -0.3 is 19.3 Å². The Balaban J connectivity index is 1.82. The summed E-state index contributed by atoms with van der Waals surface area (Å²) in [7, 11) is 0. The second kappa shape index (κ2) is 12.3. The van der Waals surface area contributed by atoms with Gasteiger partial charge in [-0.05, 0) is 62.7 Å². The minimum Gasteiger partial charge on any atom is -0.507 e. The number of aliphatic hydroxyl groups is 1. The van der Waals surface area contributed by atoms with Gasteiger partial charge >= 0.3 is 5.97 Å². The number of esters is 1. The van der Waals surface area contributed by atoms with Crippen LogP contribution in [0, 0.1) is 0 Å². The van der Waals surface area contributed by atoms with Gasteiger partial charge in [-0.25, -0.2) is 0 Å². The number of anilines is 1.